The molecule has 0 radical (unpaired) electrons. The van der Waals surface area contributed by atoms with E-state index in [2.05, 4.69) is 21.4 Å². The van der Waals surface area contributed by atoms with Gasteiger partial charge < -0.3 is 4.57 Å². The zero-order valence-electron chi connectivity index (χ0n) is 13.5. The highest BCUT2D eigenvalue weighted by atomic mass is 19.1. The molecule has 2 aromatic rings. The van der Waals surface area contributed by atoms with Crippen LogP contribution in [0.3, 0.4) is 0 Å². The van der Waals surface area contributed by atoms with Crippen molar-refractivity contribution in [2.24, 2.45) is 5.92 Å². The summed E-state index contributed by atoms with van der Waals surface area (Å²) in [6.45, 7) is 5.47. The molecular formula is C18H23F2N3. The van der Waals surface area contributed by atoms with E-state index in [-0.39, 0.29) is 11.6 Å². The van der Waals surface area contributed by atoms with Crippen molar-refractivity contribution in [2.75, 3.05) is 13.1 Å². The largest absolute Gasteiger partial charge is 0.335 e. The van der Waals surface area contributed by atoms with Crippen LogP contribution in [-0.4, -0.2) is 27.5 Å². The summed E-state index contributed by atoms with van der Waals surface area (Å²) in [5.74, 6) is 1.07. The lowest BCUT2D eigenvalue weighted by Crippen LogP contribution is -2.34. The Hall–Kier alpha value is -1.75. The molecule has 0 unspecified atom stereocenters. The predicted octanol–water partition coefficient (Wildman–Crippen LogP) is 3.64. The minimum absolute atomic E-state index is 0.320. The van der Waals surface area contributed by atoms with Crippen molar-refractivity contribution in [3.05, 3.63) is 53.6 Å². The van der Waals surface area contributed by atoms with Crippen LogP contribution in [0.1, 0.15) is 31.2 Å². The van der Waals surface area contributed by atoms with Gasteiger partial charge in [0.15, 0.2) is 0 Å². The van der Waals surface area contributed by atoms with Gasteiger partial charge >= 0.3 is 0 Å². The summed E-state index contributed by atoms with van der Waals surface area (Å²) in [4.78, 5) is 6.58. The third-order valence-electron chi connectivity index (χ3n) is 4.68. The Bertz CT molecular complexity index is 645. The molecule has 3 nitrogen and oxygen atoms in total. The molecule has 0 amide bonds. The summed E-state index contributed by atoms with van der Waals surface area (Å²) in [5.41, 5.74) is 0.450. The second-order valence-corrected chi connectivity index (χ2v) is 6.30. The SMILES string of the molecule is CCc1nccn1CC1CCN(Cc2cc(F)ccc2F)CC1. The molecule has 1 aliphatic rings. The van der Waals surface area contributed by atoms with Gasteiger partial charge in [-0.25, -0.2) is 13.8 Å². The highest BCUT2D eigenvalue weighted by molar-refractivity contribution is 5.18. The van der Waals surface area contributed by atoms with Crippen LogP contribution in [0.2, 0.25) is 0 Å². The number of hydrogen-bond donors (Lipinski definition) is 0. The van der Waals surface area contributed by atoms with Crippen LogP contribution in [0.25, 0.3) is 0 Å². The Balaban J connectivity index is 1.53. The molecular weight excluding hydrogens is 296 g/mol. The summed E-state index contributed by atoms with van der Waals surface area (Å²) < 4.78 is 29.2. The van der Waals surface area contributed by atoms with Gasteiger partial charge in [-0.15, -0.1) is 0 Å². The first-order valence-corrected chi connectivity index (χ1v) is 8.32. The first-order chi connectivity index (χ1) is 11.2. The van der Waals surface area contributed by atoms with Crippen molar-refractivity contribution < 1.29 is 8.78 Å². The quantitative estimate of drug-likeness (QED) is 0.839. The fraction of sp³-hybridized carbons (Fsp3) is 0.500. The van der Waals surface area contributed by atoms with E-state index < -0.39 is 0 Å². The first kappa shape index (κ1) is 16.1. The predicted molar refractivity (Wildman–Crippen MR) is 86.0 cm³/mol. The van der Waals surface area contributed by atoms with E-state index in [4.69, 9.17) is 0 Å². The van der Waals surface area contributed by atoms with Crippen molar-refractivity contribution in [2.45, 2.75) is 39.3 Å². The Labute approximate surface area is 135 Å². The lowest BCUT2D eigenvalue weighted by Gasteiger charge is -2.32. The number of rotatable bonds is 5. The summed E-state index contributed by atoms with van der Waals surface area (Å²) in [6, 6.07) is 3.69. The second kappa shape index (κ2) is 7.21. The van der Waals surface area contributed by atoms with E-state index in [9.17, 15) is 8.78 Å². The molecule has 1 aromatic carbocycles. The maximum Gasteiger partial charge on any atom is 0.127 e. The molecule has 0 bridgehead atoms. The lowest BCUT2D eigenvalue weighted by atomic mass is 9.96. The molecule has 0 N–H and O–H groups in total. The highest BCUT2D eigenvalue weighted by Crippen LogP contribution is 2.22. The molecule has 0 saturated carbocycles. The molecule has 5 heteroatoms. The van der Waals surface area contributed by atoms with E-state index in [1.165, 1.54) is 18.2 Å². The summed E-state index contributed by atoms with van der Waals surface area (Å²) in [7, 11) is 0. The minimum atomic E-state index is -0.372. The molecule has 124 valence electrons. The average molecular weight is 319 g/mol. The zero-order valence-corrected chi connectivity index (χ0v) is 13.5. The van der Waals surface area contributed by atoms with E-state index >= 15 is 0 Å². The van der Waals surface area contributed by atoms with Crippen molar-refractivity contribution in [1.82, 2.24) is 14.5 Å². The van der Waals surface area contributed by atoms with Gasteiger partial charge in [-0.1, -0.05) is 6.92 Å². The average Bonchev–Trinajstić information content (AvgIpc) is 3.00. The molecule has 3 rings (SSSR count). The minimum Gasteiger partial charge on any atom is -0.335 e. The smallest absolute Gasteiger partial charge is 0.127 e. The van der Waals surface area contributed by atoms with Gasteiger partial charge in [-0.2, -0.15) is 0 Å². The van der Waals surface area contributed by atoms with Gasteiger partial charge in [0.05, 0.1) is 0 Å². The molecule has 0 spiro atoms. The van der Waals surface area contributed by atoms with Crippen molar-refractivity contribution in [3.8, 4) is 0 Å². The maximum absolute atomic E-state index is 13.7. The zero-order chi connectivity index (χ0) is 16.2. The van der Waals surface area contributed by atoms with Crippen LogP contribution in [0.5, 0.6) is 0 Å². The first-order valence-electron chi connectivity index (χ1n) is 8.32. The van der Waals surface area contributed by atoms with Gasteiger partial charge in [-0.05, 0) is 50.0 Å². The third kappa shape index (κ3) is 3.96. The molecule has 1 saturated heterocycles. The van der Waals surface area contributed by atoms with Crippen LogP contribution in [0, 0.1) is 17.6 Å². The Kier molecular flexibility index (Phi) is 5.06. The number of benzene rings is 1. The Morgan fingerprint density at radius 2 is 2.00 bits per heavy atom. The summed E-state index contributed by atoms with van der Waals surface area (Å²) >= 11 is 0. The highest BCUT2D eigenvalue weighted by Gasteiger charge is 2.21. The molecule has 0 atom stereocenters. The van der Waals surface area contributed by atoms with Crippen molar-refractivity contribution in [1.29, 1.82) is 0 Å². The Morgan fingerprint density at radius 1 is 1.22 bits per heavy atom. The molecule has 1 fully saturated rings. The van der Waals surface area contributed by atoms with Gasteiger partial charge in [0.25, 0.3) is 0 Å². The molecule has 0 aliphatic carbocycles. The number of aromatic nitrogens is 2. The number of imidazole rings is 1. The van der Waals surface area contributed by atoms with Gasteiger partial charge in [0.1, 0.15) is 17.5 Å². The van der Waals surface area contributed by atoms with Crippen LogP contribution in [-0.2, 0) is 19.5 Å². The fourth-order valence-electron chi connectivity index (χ4n) is 3.33. The molecule has 1 aromatic heterocycles. The standard InChI is InChI=1S/C18H23F2N3/c1-2-18-21-7-10-23(18)12-14-5-8-22(9-6-14)13-15-11-16(19)3-4-17(15)20/h3-4,7,10-11,14H,2,5-6,8-9,12-13H2,1H3. The molecule has 23 heavy (non-hydrogen) atoms. The van der Waals surface area contributed by atoms with Crippen LogP contribution >= 0.6 is 0 Å². The number of nitrogens with zero attached hydrogens (tertiary/aromatic N) is 3. The van der Waals surface area contributed by atoms with E-state index in [0.29, 0.717) is 18.0 Å². The maximum atomic E-state index is 13.7. The second-order valence-electron chi connectivity index (χ2n) is 6.30. The van der Waals surface area contributed by atoms with Crippen molar-refractivity contribution in [3.63, 3.8) is 0 Å². The monoisotopic (exact) mass is 319 g/mol. The third-order valence-corrected chi connectivity index (χ3v) is 4.68. The van der Waals surface area contributed by atoms with E-state index in [0.717, 1.165) is 44.7 Å². The lowest BCUT2D eigenvalue weighted by molar-refractivity contribution is 0.165. The van der Waals surface area contributed by atoms with Gasteiger partial charge in [-0.3, -0.25) is 4.90 Å². The molecule has 1 aliphatic heterocycles. The van der Waals surface area contributed by atoms with E-state index in [1.54, 1.807) is 0 Å². The number of halogens is 2. The normalized spacial score (nSPS) is 16.8. The number of aryl methyl sites for hydroxylation is 1. The van der Waals surface area contributed by atoms with Crippen LogP contribution < -0.4 is 0 Å². The fourth-order valence-corrected chi connectivity index (χ4v) is 3.33. The van der Waals surface area contributed by atoms with E-state index in [1.807, 2.05) is 12.4 Å². The number of likely N-dealkylation sites (tertiary alicyclic amines) is 1. The van der Waals surface area contributed by atoms with Crippen molar-refractivity contribution >= 4 is 0 Å². The van der Waals surface area contributed by atoms with Gasteiger partial charge in [0, 0.05) is 37.5 Å². The number of hydrogen-bond acceptors (Lipinski definition) is 2. The summed E-state index contributed by atoms with van der Waals surface area (Å²) in [6.07, 6.45) is 7.02. The number of piperidine rings is 1. The van der Waals surface area contributed by atoms with Gasteiger partial charge in [0.2, 0.25) is 0 Å². The Morgan fingerprint density at radius 3 is 2.74 bits per heavy atom. The molecule has 2 heterocycles. The van der Waals surface area contributed by atoms with Crippen LogP contribution in [0.4, 0.5) is 8.78 Å². The summed E-state index contributed by atoms with van der Waals surface area (Å²) in [5, 5.41) is 0. The topological polar surface area (TPSA) is 21.1 Å². The van der Waals surface area contributed by atoms with Crippen LogP contribution in [0.15, 0.2) is 30.6 Å².